The summed E-state index contributed by atoms with van der Waals surface area (Å²) in [6, 6.07) is 1.74. The highest BCUT2D eigenvalue weighted by Gasteiger charge is 2.30. The van der Waals surface area contributed by atoms with E-state index in [-0.39, 0.29) is 5.56 Å². The first-order chi connectivity index (χ1) is 12.7. The predicted molar refractivity (Wildman–Crippen MR) is 94.7 cm³/mol. The Morgan fingerprint density at radius 3 is 2.50 bits per heavy atom. The third-order valence-corrected chi connectivity index (χ3v) is 5.83. The number of hydrogen-bond donors (Lipinski definition) is 0. The first-order valence-corrected chi connectivity index (χ1v) is 9.85. The van der Waals surface area contributed by atoms with Crippen molar-refractivity contribution in [1.82, 2.24) is 24.6 Å². The van der Waals surface area contributed by atoms with E-state index in [1.807, 2.05) is 0 Å². The van der Waals surface area contributed by atoms with Crippen molar-refractivity contribution in [3.8, 4) is 0 Å². The lowest BCUT2D eigenvalue weighted by molar-refractivity contribution is 0.153. The van der Waals surface area contributed by atoms with Crippen LogP contribution in [0.4, 0.5) is 0 Å². The second-order valence-electron chi connectivity index (χ2n) is 8.11. The topological polar surface area (TPSA) is 77.1 Å². The minimum atomic E-state index is 0.0998. The Labute approximate surface area is 152 Å². The molecule has 2 aliphatic carbocycles. The van der Waals surface area contributed by atoms with E-state index in [4.69, 9.17) is 4.42 Å². The number of piperidine rings is 1. The molecule has 2 aromatic heterocycles. The van der Waals surface area contributed by atoms with Gasteiger partial charge in [0.25, 0.3) is 5.56 Å². The van der Waals surface area contributed by atoms with E-state index in [1.165, 1.54) is 25.7 Å². The molecule has 3 fully saturated rings. The van der Waals surface area contributed by atoms with Gasteiger partial charge in [0, 0.05) is 24.4 Å². The van der Waals surface area contributed by atoms with Gasteiger partial charge in [0.1, 0.15) is 0 Å². The van der Waals surface area contributed by atoms with Crippen molar-refractivity contribution < 1.29 is 4.42 Å². The van der Waals surface area contributed by atoms with E-state index in [0.29, 0.717) is 17.8 Å². The van der Waals surface area contributed by atoms with Crippen molar-refractivity contribution >= 4 is 0 Å². The molecule has 1 aliphatic heterocycles. The molecule has 138 valence electrons. The highest BCUT2D eigenvalue weighted by atomic mass is 16.4. The van der Waals surface area contributed by atoms with Gasteiger partial charge in [-0.25, -0.2) is 4.98 Å². The fourth-order valence-corrected chi connectivity index (χ4v) is 3.80. The quantitative estimate of drug-likeness (QED) is 0.791. The van der Waals surface area contributed by atoms with E-state index >= 15 is 0 Å². The van der Waals surface area contributed by atoms with Crippen LogP contribution >= 0.6 is 0 Å². The van der Waals surface area contributed by atoms with E-state index in [2.05, 4.69) is 20.1 Å². The lowest BCUT2D eigenvalue weighted by atomic mass is 9.96. The van der Waals surface area contributed by atoms with Crippen molar-refractivity contribution in [1.29, 1.82) is 0 Å². The Hall–Kier alpha value is -2.02. The van der Waals surface area contributed by atoms with E-state index < -0.39 is 0 Å². The minimum absolute atomic E-state index is 0.0998. The number of rotatable bonds is 6. The van der Waals surface area contributed by atoms with Gasteiger partial charge in [0.2, 0.25) is 11.8 Å². The van der Waals surface area contributed by atoms with Crippen molar-refractivity contribution in [3.63, 3.8) is 0 Å². The molecule has 0 bridgehead atoms. The van der Waals surface area contributed by atoms with Crippen LogP contribution in [0.15, 0.2) is 21.6 Å². The van der Waals surface area contributed by atoms with E-state index in [1.54, 1.807) is 17.0 Å². The summed E-state index contributed by atoms with van der Waals surface area (Å²) >= 11 is 0. The molecule has 2 saturated carbocycles. The molecule has 0 unspecified atom stereocenters. The highest BCUT2D eigenvalue weighted by molar-refractivity contribution is 5.12. The molecule has 26 heavy (non-hydrogen) atoms. The van der Waals surface area contributed by atoms with Crippen LogP contribution in [0.3, 0.4) is 0 Å². The molecule has 5 rings (SSSR count). The summed E-state index contributed by atoms with van der Waals surface area (Å²) in [6.07, 6.45) is 8.64. The van der Waals surface area contributed by atoms with Gasteiger partial charge in [-0.3, -0.25) is 14.3 Å². The second-order valence-corrected chi connectivity index (χ2v) is 8.11. The fraction of sp³-hybridized carbons (Fsp3) is 0.684. The Kier molecular flexibility index (Phi) is 4.11. The third kappa shape index (κ3) is 3.58. The molecule has 0 spiro atoms. The molecular weight excluding hydrogens is 330 g/mol. The number of likely N-dealkylation sites (tertiary alicyclic amines) is 1. The first-order valence-electron chi connectivity index (χ1n) is 9.85. The maximum Gasteiger partial charge on any atom is 0.253 e. The first kappa shape index (κ1) is 16.2. The lowest BCUT2D eigenvalue weighted by Gasteiger charge is -2.31. The van der Waals surface area contributed by atoms with Crippen LogP contribution in [0.1, 0.15) is 67.8 Å². The number of hydrogen-bond acceptors (Lipinski definition) is 6. The molecule has 3 aliphatic rings. The summed E-state index contributed by atoms with van der Waals surface area (Å²) in [7, 11) is 0. The van der Waals surface area contributed by atoms with E-state index in [0.717, 1.165) is 56.5 Å². The average Bonchev–Trinajstić information content (AvgIpc) is 3.57. The average molecular weight is 355 g/mol. The molecule has 3 heterocycles. The van der Waals surface area contributed by atoms with Crippen LogP contribution in [0.25, 0.3) is 0 Å². The van der Waals surface area contributed by atoms with Crippen molar-refractivity contribution in [2.75, 3.05) is 13.1 Å². The summed E-state index contributed by atoms with van der Waals surface area (Å²) in [5, 5.41) is 8.35. The summed E-state index contributed by atoms with van der Waals surface area (Å²) < 4.78 is 7.55. The molecule has 0 amide bonds. The monoisotopic (exact) mass is 355 g/mol. The van der Waals surface area contributed by atoms with Gasteiger partial charge in [-0.15, -0.1) is 10.2 Å². The summed E-state index contributed by atoms with van der Waals surface area (Å²) in [5.74, 6) is 3.13. The van der Waals surface area contributed by atoms with Crippen LogP contribution in [0.5, 0.6) is 0 Å². The zero-order chi connectivity index (χ0) is 17.5. The molecule has 0 radical (unpaired) electrons. The highest BCUT2D eigenvalue weighted by Crippen LogP contribution is 2.39. The van der Waals surface area contributed by atoms with Gasteiger partial charge in [-0.2, -0.15) is 0 Å². The summed E-state index contributed by atoms with van der Waals surface area (Å²) in [5.41, 5.74) is 1.08. The molecule has 0 atom stereocenters. The van der Waals surface area contributed by atoms with Gasteiger partial charge >= 0.3 is 0 Å². The molecule has 7 heteroatoms. The van der Waals surface area contributed by atoms with Gasteiger partial charge in [-0.05, 0) is 57.5 Å². The Morgan fingerprint density at radius 2 is 1.81 bits per heavy atom. The zero-order valence-electron chi connectivity index (χ0n) is 15.0. The number of nitrogens with zero attached hydrogens (tertiary/aromatic N) is 5. The Morgan fingerprint density at radius 1 is 1.04 bits per heavy atom. The van der Waals surface area contributed by atoms with Crippen LogP contribution in [-0.2, 0) is 13.1 Å². The van der Waals surface area contributed by atoms with Gasteiger partial charge in [0.05, 0.1) is 18.6 Å². The molecule has 2 aromatic rings. The Bertz CT molecular complexity index is 828. The fourth-order valence-electron chi connectivity index (χ4n) is 3.80. The molecule has 0 aromatic carbocycles. The summed E-state index contributed by atoms with van der Waals surface area (Å²) in [4.78, 5) is 19.2. The van der Waals surface area contributed by atoms with Gasteiger partial charge in [0.15, 0.2) is 0 Å². The smallest absolute Gasteiger partial charge is 0.253 e. The van der Waals surface area contributed by atoms with Crippen LogP contribution in [0, 0.1) is 5.92 Å². The SMILES string of the molecule is O=c1cc(C2CC2)ncn1CC1CCN(Cc2nnc(C3CC3)o2)CC1. The molecular formula is C19H25N5O2. The Balaban J connectivity index is 1.13. The van der Waals surface area contributed by atoms with Crippen molar-refractivity contribution in [2.24, 2.45) is 5.92 Å². The largest absolute Gasteiger partial charge is 0.424 e. The second kappa shape index (κ2) is 6.61. The van der Waals surface area contributed by atoms with Crippen molar-refractivity contribution in [3.05, 3.63) is 40.2 Å². The predicted octanol–water partition coefficient (Wildman–Crippen LogP) is 2.29. The third-order valence-electron chi connectivity index (χ3n) is 5.83. The normalized spacial score (nSPS) is 22.0. The van der Waals surface area contributed by atoms with Crippen LogP contribution < -0.4 is 5.56 Å². The minimum Gasteiger partial charge on any atom is -0.424 e. The number of aromatic nitrogens is 4. The molecule has 1 saturated heterocycles. The van der Waals surface area contributed by atoms with Crippen molar-refractivity contribution in [2.45, 2.75) is 63.5 Å². The van der Waals surface area contributed by atoms with Crippen LogP contribution in [0.2, 0.25) is 0 Å². The standard InChI is InChI=1S/C19H25N5O2/c25-18-9-16(14-1-2-14)20-12-24(18)10-13-5-7-23(8-6-13)11-17-21-22-19(26-17)15-3-4-15/h9,12-15H,1-8,10-11H2. The maximum atomic E-state index is 12.3. The maximum absolute atomic E-state index is 12.3. The zero-order valence-corrected chi connectivity index (χ0v) is 15.0. The van der Waals surface area contributed by atoms with E-state index in [9.17, 15) is 4.79 Å². The summed E-state index contributed by atoms with van der Waals surface area (Å²) in [6.45, 7) is 3.53. The molecule has 7 nitrogen and oxygen atoms in total. The van der Waals surface area contributed by atoms with Gasteiger partial charge in [-0.1, -0.05) is 0 Å². The van der Waals surface area contributed by atoms with Gasteiger partial charge < -0.3 is 4.42 Å². The van der Waals surface area contributed by atoms with Crippen LogP contribution in [-0.4, -0.2) is 37.7 Å². The molecule has 0 N–H and O–H groups in total. The lowest BCUT2D eigenvalue weighted by Crippen LogP contribution is -2.36.